The number of alkyl halides is 3. The van der Waals surface area contributed by atoms with E-state index in [1.165, 1.54) is 14.2 Å². The third-order valence-corrected chi connectivity index (χ3v) is 7.35. The molecule has 0 spiro atoms. The maximum absolute atomic E-state index is 13.3. The summed E-state index contributed by atoms with van der Waals surface area (Å²) in [5.74, 6) is -5.59. The van der Waals surface area contributed by atoms with Crippen LogP contribution in [0.1, 0.15) is 12.5 Å². The Morgan fingerprint density at radius 3 is 2.09 bits per heavy atom. The van der Waals surface area contributed by atoms with Crippen LogP contribution in [0.2, 0.25) is 0 Å². The van der Waals surface area contributed by atoms with Gasteiger partial charge in [-0.15, -0.1) is 0 Å². The number of aliphatic carboxylic acids is 1. The quantitative estimate of drug-likeness (QED) is 0.323. The number of esters is 1. The smallest absolute Gasteiger partial charge is 0.484 e. The highest BCUT2D eigenvalue weighted by molar-refractivity contribution is 6.09. The molecule has 2 aromatic carbocycles. The summed E-state index contributed by atoms with van der Waals surface area (Å²) in [5, 5.41) is 10.4. The minimum Gasteiger partial charge on any atom is -0.484 e. The molecule has 4 rings (SSSR count). The van der Waals surface area contributed by atoms with E-state index < -0.39 is 47.4 Å². The lowest BCUT2D eigenvalue weighted by molar-refractivity contribution is -0.192. The van der Waals surface area contributed by atoms with E-state index in [9.17, 15) is 32.3 Å². The summed E-state index contributed by atoms with van der Waals surface area (Å²) < 4.78 is 42.5. The number of para-hydroxylation sites is 1. The van der Waals surface area contributed by atoms with Gasteiger partial charge in [0.15, 0.2) is 6.61 Å². The number of carboxylic acids is 1. The number of fused-ring (bicyclic) bond motifs is 1. The van der Waals surface area contributed by atoms with Gasteiger partial charge in [0.05, 0.1) is 18.9 Å². The molecule has 2 heterocycles. The SMILES string of the molecule is CCN(C[C@H]1N[C@@](Cc2ccccc2)(C(=O)OC)[C@H]2C(=O)N(C)C(=O)[C@@H]12)C(=O)COc1ccccc1.O=C(O)C(F)(F)F. The fraction of sp³-hybridized carbons (Fsp3) is 0.414. The van der Waals surface area contributed by atoms with Crippen molar-refractivity contribution in [2.24, 2.45) is 11.8 Å². The third-order valence-electron chi connectivity index (χ3n) is 7.35. The Morgan fingerprint density at radius 1 is 1.02 bits per heavy atom. The molecule has 232 valence electrons. The van der Waals surface area contributed by atoms with Gasteiger partial charge in [0.2, 0.25) is 11.8 Å². The number of ether oxygens (including phenoxy) is 2. The van der Waals surface area contributed by atoms with Crippen molar-refractivity contribution in [2.45, 2.75) is 31.1 Å². The first kappa shape index (κ1) is 33.0. The summed E-state index contributed by atoms with van der Waals surface area (Å²) >= 11 is 0. The largest absolute Gasteiger partial charge is 0.490 e. The molecule has 2 saturated heterocycles. The van der Waals surface area contributed by atoms with Gasteiger partial charge >= 0.3 is 18.1 Å². The second kappa shape index (κ2) is 13.7. The highest BCUT2D eigenvalue weighted by Crippen LogP contribution is 2.45. The van der Waals surface area contributed by atoms with Crippen LogP contribution in [0.5, 0.6) is 5.75 Å². The van der Waals surface area contributed by atoms with Crippen LogP contribution in [0.3, 0.4) is 0 Å². The Balaban J connectivity index is 0.000000646. The number of nitrogens with one attached hydrogen (secondary N) is 1. The normalized spacial score (nSPS) is 22.7. The van der Waals surface area contributed by atoms with Gasteiger partial charge in [-0.1, -0.05) is 48.5 Å². The number of rotatable bonds is 9. The molecule has 2 N–H and O–H groups in total. The van der Waals surface area contributed by atoms with Gasteiger partial charge in [0.1, 0.15) is 11.3 Å². The number of amides is 3. The van der Waals surface area contributed by atoms with Crippen LogP contribution in [0, 0.1) is 11.8 Å². The highest BCUT2D eigenvalue weighted by Gasteiger charge is 2.68. The predicted molar refractivity (Wildman–Crippen MR) is 144 cm³/mol. The van der Waals surface area contributed by atoms with E-state index in [4.69, 9.17) is 19.4 Å². The minimum atomic E-state index is -5.08. The van der Waals surface area contributed by atoms with Crippen LogP contribution < -0.4 is 10.1 Å². The number of likely N-dealkylation sites (tertiary alicyclic amines) is 1. The molecule has 43 heavy (non-hydrogen) atoms. The molecule has 0 radical (unpaired) electrons. The number of nitrogens with zero attached hydrogens (tertiary/aromatic N) is 2. The molecule has 2 fully saturated rings. The average Bonchev–Trinajstić information content (AvgIpc) is 3.43. The van der Waals surface area contributed by atoms with Crippen LogP contribution in [0.25, 0.3) is 0 Å². The number of halogens is 3. The third kappa shape index (κ3) is 7.31. The molecule has 4 atom stereocenters. The summed E-state index contributed by atoms with van der Waals surface area (Å²) in [6, 6.07) is 17.7. The molecule has 0 saturated carbocycles. The lowest BCUT2D eigenvalue weighted by Crippen LogP contribution is -2.59. The van der Waals surface area contributed by atoms with Crippen LogP contribution in [0.4, 0.5) is 13.2 Å². The number of hydrogen-bond acceptors (Lipinski definition) is 8. The van der Waals surface area contributed by atoms with E-state index in [-0.39, 0.29) is 31.4 Å². The van der Waals surface area contributed by atoms with Gasteiger partial charge in [0, 0.05) is 32.6 Å². The van der Waals surface area contributed by atoms with Crippen LogP contribution in [-0.2, 0) is 35.1 Å². The average molecular weight is 608 g/mol. The zero-order valence-electron chi connectivity index (χ0n) is 23.7. The van der Waals surface area contributed by atoms with Crippen molar-refractivity contribution >= 4 is 29.7 Å². The molecule has 2 aliphatic rings. The maximum atomic E-state index is 13.3. The zero-order valence-corrected chi connectivity index (χ0v) is 23.7. The fourth-order valence-corrected chi connectivity index (χ4v) is 5.35. The lowest BCUT2D eigenvalue weighted by atomic mass is 9.76. The van der Waals surface area contributed by atoms with E-state index in [0.29, 0.717) is 12.3 Å². The highest BCUT2D eigenvalue weighted by atomic mass is 19.4. The second-order valence-corrected chi connectivity index (χ2v) is 9.95. The first-order chi connectivity index (χ1) is 20.3. The van der Waals surface area contributed by atoms with Crippen molar-refractivity contribution in [1.82, 2.24) is 15.1 Å². The molecule has 2 aliphatic heterocycles. The Bertz CT molecular complexity index is 1330. The number of imide groups is 1. The summed E-state index contributed by atoms with van der Waals surface area (Å²) in [7, 11) is 2.70. The topological polar surface area (TPSA) is 143 Å². The molecule has 11 nitrogen and oxygen atoms in total. The van der Waals surface area contributed by atoms with Crippen molar-refractivity contribution < 1.29 is 51.7 Å². The van der Waals surface area contributed by atoms with Crippen LogP contribution >= 0.6 is 0 Å². The van der Waals surface area contributed by atoms with Gasteiger partial charge in [0.25, 0.3) is 5.91 Å². The van der Waals surface area contributed by atoms with Crippen LogP contribution in [0.15, 0.2) is 60.7 Å². The predicted octanol–water partition coefficient (Wildman–Crippen LogP) is 1.90. The van der Waals surface area contributed by atoms with Crippen molar-refractivity contribution in [3.8, 4) is 5.75 Å². The van der Waals surface area contributed by atoms with Crippen molar-refractivity contribution in [3.05, 3.63) is 66.2 Å². The van der Waals surface area contributed by atoms with E-state index in [2.05, 4.69) is 5.32 Å². The van der Waals surface area contributed by atoms with Gasteiger partial charge in [-0.25, -0.2) is 4.79 Å². The monoisotopic (exact) mass is 607 g/mol. The first-order valence-corrected chi connectivity index (χ1v) is 13.2. The number of hydrogen-bond donors (Lipinski definition) is 2. The van der Waals surface area contributed by atoms with E-state index in [1.54, 1.807) is 17.0 Å². The molecule has 0 aliphatic carbocycles. The molecule has 3 amide bonds. The number of likely N-dealkylation sites (N-methyl/N-ethyl adjacent to an activating group) is 1. The Hall–Kier alpha value is -4.46. The Morgan fingerprint density at radius 2 is 1.58 bits per heavy atom. The molecule has 0 bridgehead atoms. The van der Waals surface area contributed by atoms with Gasteiger partial charge in [-0.05, 0) is 24.6 Å². The van der Waals surface area contributed by atoms with Crippen molar-refractivity contribution in [3.63, 3.8) is 0 Å². The van der Waals surface area contributed by atoms with Crippen LogP contribution in [-0.4, -0.2) is 96.2 Å². The summed E-state index contributed by atoms with van der Waals surface area (Å²) in [4.78, 5) is 64.3. The molecule has 14 heteroatoms. The molecule has 2 aromatic rings. The summed E-state index contributed by atoms with van der Waals surface area (Å²) in [5.41, 5.74) is -0.615. The second-order valence-electron chi connectivity index (χ2n) is 9.95. The van der Waals surface area contributed by atoms with Gasteiger partial charge in [-0.3, -0.25) is 29.4 Å². The number of benzene rings is 2. The number of carbonyl (C=O) groups excluding carboxylic acids is 4. The fourth-order valence-electron chi connectivity index (χ4n) is 5.35. The van der Waals surface area contributed by atoms with Crippen molar-refractivity contribution in [2.75, 3.05) is 33.9 Å². The minimum absolute atomic E-state index is 0.134. The van der Waals surface area contributed by atoms with E-state index in [1.807, 2.05) is 55.5 Å². The Kier molecular flexibility index (Phi) is 10.5. The van der Waals surface area contributed by atoms with E-state index in [0.717, 1.165) is 10.5 Å². The zero-order chi connectivity index (χ0) is 31.9. The van der Waals surface area contributed by atoms with E-state index >= 15 is 0 Å². The summed E-state index contributed by atoms with van der Waals surface area (Å²) in [6.07, 6.45) is -4.91. The summed E-state index contributed by atoms with van der Waals surface area (Å²) in [6.45, 7) is 2.17. The number of carboxylic acid groups (broad SMARTS) is 1. The first-order valence-electron chi connectivity index (χ1n) is 13.2. The maximum Gasteiger partial charge on any atom is 0.490 e. The van der Waals surface area contributed by atoms with Gasteiger partial charge < -0.3 is 19.5 Å². The number of methoxy groups -OCH3 is 1. The molecular weight excluding hydrogens is 575 g/mol. The molecule has 0 unspecified atom stereocenters. The standard InChI is InChI=1S/C27H31N3O6.C2HF3O2/c1-4-30(21(31)17-36-19-13-9-6-10-14-19)16-20-22-23(25(33)29(2)24(22)32)27(28-20,26(34)35-3)15-18-11-7-5-8-12-18;3-2(4,5)1(6)7/h5-14,20,22-23,28H,4,15-17H2,1-3H3;(H,6,7)/t20-,22+,23-,27-;/m1./s1. The van der Waals surface area contributed by atoms with Gasteiger partial charge in [-0.2, -0.15) is 13.2 Å². The molecule has 0 aromatic heterocycles. The van der Waals surface area contributed by atoms with Crippen molar-refractivity contribution in [1.29, 1.82) is 0 Å². The molecular formula is C29H32F3N3O8. The lowest BCUT2D eigenvalue weighted by Gasteiger charge is -2.33. The Labute approximate surface area is 245 Å². The number of carbonyl (C=O) groups is 5.